The van der Waals surface area contributed by atoms with E-state index in [4.69, 9.17) is 0 Å². The van der Waals surface area contributed by atoms with Crippen molar-refractivity contribution in [2.75, 3.05) is 26.7 Å². The lowest BCUT2D eigenvalue weighted by atomic mass is 10.2. The number of hydrogen-bond acceptors (Lipinski definition) is 3. The Kier molecular flexibility index (Phi) is 4.55. The highest BCUT2D eigenvalue weighted by atomic mass is 79.9. The van der Waals surface area contributed by atoms with Crippen molar-refractivity contribution in [3.05, 3.63) is 34.3 Å². The number of halogens is 1. The summed E-state index contributed by atoms with van der Waals surface area (Å²) < 4.78 is 1.02. The topological polar surface area (TPSA) is 52.7 Å². The number of benzene rings is 1. The van der Waals surface area contributed by atoms with Crippen molar-refractivity contribution < 1.29 is 9.59 Å². The van der Waals surface area contributed by atoms with Gasteiger partial charge in [0, 0.05) is 24.1 Å². The highest BCUT2D eigenvalue weighted by molar-refractivity contribution is 9.10. The summed E-state index contributed by atoms with van der Waals surface area (Å²) >= 11 is 3.48. The molecule has 1 N–H and O–H groups in total. The van der Waals surface area contributed by atoms with Crippen LogP contribution in [0.5, 0.6) is 0 Å². The predicted octanol–water partition coefficient (Wildman–Crippen LogP) is 1.43. The third kappa shape index (κ3) is 3.54. The fourth-order valence-electron chi connectivity index (χ4n) is 2.00. The molecule has 1 aliphatic rings. The summed E-state index contributed by atoms with van der Waals surface area (Å²) in [6.45, 7) is 1.89. The Balaban J connectivity index is 1.91. The SMILES string of the molecule is CN(CC(=O)N1CCNC1=O)Cc1ccccc1Br. The fourth-order valence-corrected chi connectivity index (χ4v) is 2.41. The first-order chi connectivity index (χ1) is 9.08. The lowest BCUT2D eigenvalue weighted by Gasteiger charge is -2.20. The average molecular weight is 326 g/mol. The van der Waals surface area contributed by atoms with Crippen molar-refractivity contribution in [1.82, 2.24) is 15.1 Å². The lowest BCUT2D eigenvalue weighted by molar-refractivity contribution is -0.128. The number of carbonyl (C=O) groups is 2. The molecule has 0 radical (unpaired) electrons. The monoisotopic (exact) mass is 325 g/mol. The molecule has 3 amide bonds. The molecule has 0 unspecified atom stereocenters. The van der Waals surface area contributed by atoms with Crippen LogP contribution in [0.2, 0.25) is 0 Å². The second-order valence-corrected chi connectivity index (χ2v) is 5.40. The van der Waals surface area contributed by atoms with Crippen LogP contribution in [0, 0.1) is 0 Å². The van der Waals surface area contributed by atoms with Crippen molar-refractivity contribution in [2.24, 2.45) is 0 Å². The maximum Gasteiger partial charge on any atom is 0.324 e. The zero-order valence-corrected chi connectivity index (χ0v) is 12.3. The zero-order valence-electron chi connectivity index (χ0n) is 10.7. The number of imide groups is 1. The van der Waals surface area contributed by atoms with E-state index in [1.54, 1.807) is 0 Å². The molecule has 19 heavy (non-hydrogen) atoms. The summed E-state index contributed by atoms with van der Waals surface area (Å²) in [6.07, 6.45) is 0. The molecule has 0 spiro atoms. The number of rotatable bonds is 4. The second-order valence-electron chi connectivity index (χ2n) is 4.54. The van der Waals surface area contributed by atoms with Crippen LogP contribution < -0.4 is 5.32 Å². The normalized spacial score (nSPS) is 14.9. The highest BCUT2D eigenvalue weighted by Gasteiger charge is 2.26. The largest absolute Gasteiger partial charge is 0.336 e. The van der Waals surface area contributed by atoms with Crippen molar-refractivity contribution in [3.8, 4) is 0 Å². The Labute approximate surface area is 120 Å². The van der Waals surface area contributed by atoms with Gasteiger partial charge in [0.2, 0.25) is 5.91 Å². The van der Waals surface area contributed by atoms with Crippen LogP contribution in [0.4, 0.5) is 4.79 Å². The Morgan fingerprint density at radius 2 is 2.21 bits per heavy atom. The van der Waals surface area contributed by atoms with Gasteiger partial charge >= 0.3 is 6.03 Å². The quantitative estimate of drug-likeness (QED) is 0.911. The molecule has 102 valence electrons. The molecule has 5 nitrogen and oxygen atoms in total. The molecule has 1 heterocycles. The standard InChI is InChI=1S/C13H16BrN3O2/c1-16(8-10-4-2-3-5-11(10)14)9-12(18)17-7-6-15-13(17)19/h2-5H,6-9H2,1H3,(H,15,19). The highest BCUT2D eigenvalue weighted by Crippen LogP contribution is 2.17. The number of hydrogen-bond donors (Lipinski definition) is 1. The summed E-state index contributed by atoms with van der Waals surface area (Å²) in [4.78, 5) is 26.5. The van der Waals surface area contributed by atoms with Crippen LogP contribution in [0.1, 0.15) is 5.56 Å². The summed E-state index contributed by atoms with van der Waals surface area (Å²) in [5, 5.41) is 2.62. The number of carbonyl (C=O) groups excluding carboxylic acids is 2. The van der Waals surface area contributed by atoms with Crippen LogP contribution in [-0.2, 0) is 11.3 Å². The van der Waals surface area contributed by atoms with Gasteiger partial charge in [-0.3, -0.25) is 14.6 Å². The van der Waals surface area contributed by atoms with Crippen molar-refractivity contribution in [2.45, 2.75) is 6.54 Å². The molecule has 1 aromatic rings. The Morgan fingerprint density at radius 3 is 2.84 bits per heavy atom. The van der Waals surface area contributed by atoms with Gasteiger partial charge in [0.15, 0.2) is 0 Å². The summed E-state index contributed by atoms with van der Waals surface area (Å²) in [5.41, 5.74) is 1.11. The Hall–Kier alpha value is -1.40. The van der Waals surface area contributed by atoms with Crippen LogP contribution >= 0.6 is 15.9 Å². The van der Waals surface area contributed by atoms with Crippen molar-refractivity contribution in [1.29, 1.82) is 0 Å². The van der Waals surface area contributed by atoms with E-state index in [0.29, 0.717) is 19.6 Å². The summed E-state index contributed by atoms with van der Waals surface area (Å²) in [7, 11) is 1.87. The first-order valence-electron chi connectivity index (χ1n) is 6.08. The smallest absolute Gasteiger partial charge is 0.324 e. The molecule has 0 aliphatic carbocycles. The van der Waals surface area contributed by atoms with E-state index >= 15 is 0 Å². The maximum absolute atomic E-state index is 12.0. The zero-order chi connectivity index (χ0) is 13.8. The molecule has 0 aromatic heterocycles. The van der Waals surface area contributed by atoms with Gasteiger partial charge in [-0.1, -0.05) is 34.1 Å². The van der Waals surface area contributed by atoms with Crippen LogP contribution in [-0.4, -0.2) is 48.4 Å². The summed E-state index contributed by atoms with van der Waals surface area (Å²) in [5.74, 6) is -0.162. The van der Waals surface area contributed by atoms with E-state index in [1.165, 1.54) is 4.90 Å². The number of amides is 3. The lowest BCUT2D eigenvalue weighted by Crippen LogP contribution is -2.40. The van der Waals surface area contributed by atoms with E-state index in [0.717, 1.165) is 10.0 Å². The van der Waals surface area contributed by atoms with Gasteiger partial charge in [0.05, 0.1) is 6.54 Å². The maximum atomic E-state index is 12.0. The first kappa shape index (κ1) is 14.0. The second kappa shape index (κ2) is 6.16. The Morgan fingerprint density at radius 1 is 1.47 bits per heavy atom. The predicted molar refractivity (Wildman–Crippen MR) is 75.6 cm³/mol. The van der Waals surface area contributed by atoms with Gasteiger partial charge in [0.25, 0.3) is 0 Å². The molecule has 0 bridgehead atoms. The molecule has 0 saturated carbocycles. The summed E-state index contributed by atoms with van der Waals surface area (Å²) in [6, 6.07) is 7.60. The van der Waals surface area contributed by atoms with Gasteiger partial charge in [-0.2, -0.15) is 0 Å². The number of urea groups is 1. The molecule has 2 rings (SSSR count). The van der Waals surface area contributed by atoms with E-state index in [-0.39, 0.29) is 18.5 Å². The molecule has 1 aliphatic heterocycles. The fraction of sp³-hybridized carbons (Fsp3) is 0.385. The minimum atomic E-state index is -0.292. The molecule has 1 fully saturated rings. The van der Waals surface area contributed by atoms with Crippen molar-refractivity contribution in [3.63, 3.8) is 0 Å². The van der Waals surface area contributed by atoms with E-state index < -0.39 is 0 Å². The Bertz CT molecular complexity index is 493. The van der Waals surface area contributed by atoms with Crippen LogP contribution in [0.25, 0.3) is 0 Å². The number of nitrogens with one attached hydrogen (secondary N) is 1. The van der Waals surface area contributed by atoms with Crippen LogP contribution in [0.15, 0.2) is 28.7 Å². The minimum absolute atomic E-state index is 0.162. The van der Waals surface area contributed by atoms with E-state index in [9.17, 15) is 9.59 Å². The third-order valence-corrected chi connectivity index (χ3v) is 3.73. The number of likely N-dealkylation sites (N-methyl/N-ethyl adjacent to an activating group) is 1. The first-order valence-corrected chi connectivity index (χ1v) is 6.87. The van der Waals surface area contributed by atoms with Gasteiger partial charge in [-0.25, -0.2) is 4.79 Å². The molecule has 0 atom stereocenters. The van der Waals surface area contributed by atoms with E-state index in [2.05, 4.69) is 21.2 Å². The van der Waals surface area contributed by atoms with Gasteiger partial charge in [-0.15, -0.1) is 0 Å². The molecule has 1 saturated heterocycles. The number of nitrogens with zero attached hydrogens (tertiary/aromatic N) is 2. The van der Waals surface area contributed by atoms with Gasteiger partial charge in [0.1, 0.15) is 0 Å². The van der Waals surface area contributed by atoms with Gasteiger partial charge < -0.3 is 5.32 Å². The van der Waals surface area contributed by atoms with Crippen molar-refractivity contribution >= 4 is 27.9 Å². The van der Waals surface area contributed by atoms with Gasteiger partial charge in [-0.05, 0) is 18.7 Å². The third-order valence-electron chi connectivity index (χ3n) is 2.96. The van der Waals surface area contributed by atoms with E-state index in [1.807, 2.05) is 36.2 Å². The molecule has 6 heteroatoms. The molecule has 1 aromatic carbocycles. The minimum Gasteiger partial charge on any atom is -0.336 e. The average Bonchev–Trinajstić information content (AvgIpc) is 2.78. The molecular formula is C13H16BrN3O2. The molecular weight excluding hydrogens is 310 g/mol. The van der Waals surface area contributed by atoms with Crippen LogP contribution in [0.3, 0.4) is 0 Å².